The van der Waals surface area contributed by atoms with Gasteiger partial charge in [-0.15, -0.1) is 0 Å². The van der Waals surface area contributed by atoms with Crippen LogP contribution in [0.15, 0.2) is 278 Å². The minimum atomic E-state index is -2.79. The summed E-state index contributed by atoms with van der Waals surface area (Å²) < 4.78 is 46.2. The SMILES string of the molecule is O=C(OCc1cc(-n2c3ccccc3c3ccccc32)cc(-n2c3ccccc3c3ccccc32)c1)c1cc(C(=O)OCc2ccc3c(c2)c2ccccc2n3-c2ccc(-c3ccc(-n4c5ccccc5c5ccccc54)cc3)cc2)cc(S(=O)[O-])c1. The fourth-order valence-electron chi connectivity index (χ4n) is 13.0. The zero-order valence-electron chi connectivity index (χ0n) is 46.5. The summed E-state index contributed by atoms with van der Waals surface area (Å²) in [7, 11) is 0. The number of carbonyl (C=O) groups excluding carboxylic acids is 2. The molecule has 87 heavy (non-hydrogen) atoms. The number of hydrogen-bond donors (Lipinski definition) is 0. The molecule has 0 spiro atoms. The molecule has 0 saturated heterocycles. The van der Waals surface area contributed by atoms with Gasteiger partial charge in [-0.2, -0.15) is 0 Å². The number of fused-ring (bicyclic) bond motifs is 12. The largest absolute Gasteiger partial charge is 0.768 e. The smallest absolute Gasteiger partial charge is 0.338 e. The van der Waals surface area contributed by atoms with E-state index in [-0.39, 0.29) is 29.2 Å². The normalized spacial score (nSPS) is 12.1. The van der Waals surface area contributed by atoms with E-state index < -0.39 is 23.0 Å². The predicted octanol–water partition coefficient (Wildman–Crippen LogP) is 17.7. The molecule has 16 rings (SSSR count). The third kappa shape index (κ3) is 8.78. The molecule has 0 amide bonds. The summed E-state index contributed by atoms with van der Waals surface area (Å²) in [5, 5.41) is 8.87. The fraction of sp³-hybridized carbons (Fsp3) is 0.0263. The van der Waals surface area contributed by atoms with Gasteiger partial charge in [-0.05, 0) is 149 Å². The zero-order chi connectivity index (χ0) is 58.3. The van der Waals surface area contributed by atoms with E-state index in [2.05, 4.69) is 182 Å². The summed E-state index contributed by atoms with van der Waals surface area (Å²) in [6.07, 6.45) is 0. The molecule has 416 valence electrons. The highest BCUT2D eigenvalue weighted by Crippen LogP contribution is 2.39. The highest BCUT2D eigenvalue weighted by atomic mass is 32.2. The van der Waals surface area contributed by atoms with Gasteiger partial charge in [0.1, 0.15) is 13.2 Å². The van der Waals surface area contributed by atoms with Crippen molar-refractivity contribution in [2.45, 2.75) is 18.1 Å². The minimum Gasteiger partial charge on any atom is -0.768 e. The monoisotopic (exact) mass is 1150 g/mol. The average Bonchev–Trinajstić information content (AvgIpc) is 1.80. The topological polar surface area (TPSA) is 112 Å². The second kappa shape index (κ2) is 20.9. The molecule has 1 unspecified atom stereocenters. The summed E-state index contributed by atoms with van der Waals surface area (Å²) in [6, 6.07) is 91.6. The fourth-order valence-corrected chi connectivity index (χ4v) is 13.4. The van der Waals surface area contributed by atoms with Crippen LogP contribution in [-0.4, -0.2) is 39.0 Å². The number of ether oxygens (including phenoxy) is 2. The van der Waals surface area contributed by atoms with Crippen molar-refractivity contribution in [1.82, 2.24) is 18.3 Å². The van der Waals surface area contributed by atoms with Crippen molar-refractivity contribution in [1.29, 1.82) is 0 Å². The lowest BCUT2D eigenvalue weighted by Gasteiger charge is -2.16. The molecule has 0 aliphatic rings. The first-order chi connectivity index (χ1) is 42.8. The third-order valence-corrected chi connectivity index (χ3v) is 17.5. The van der Waals surface area contributed by atoms with Crippen molar-refractivity contribution < 1.29 is 27.8 Å². The van der Waals surface area contributed by atoms with E-state index in [0.29, 0.717) is 5.56 Å². The highest BCUT2D eigenvalue weighted by Gasteiger charge is 2.21. The lowest BCUT2D eigenvalue weighted by atomic mass is 10.0. The summed E-state index contributed by atoms with van der Waals surface area (Å²) in [6.45, 7) is -0.275. The first kappa shape index (κ1) is 51.5. The van der Waals surface area contributed by atoms with Gasteiger partial charge in [-0.1, -0.05) is 158 Å². The minimum absolute atomic E-state index is 0.106. The van der Waals surface area contributed by atoms with Crippen molar-refractivity contribution in [2.24, 2.45) is 0 Å². The van der Waals surface area contributed by atoms with E-state index in [4.69, 9.17) is 9.47 Å². The Morgan fingerprint density at radius 3 is 0.977 bits per heavy atom. The maximum Gasteiger partial charge on any atom is 0.338 e. The molecule has 12 aromatic carbocycles. The van der Waals surface area contributed by atoms with Gasteiger partial charge in [0.15, 0.2) is 0 Å². The van der Waals surface area contributed by atoms with Gasteiger partial charge in [0.05, 0.1) is 55.3 Å². The first-order valence-corrected chi connectivity index (χ1v) is 29.8. The number of aromatic nitrogens is 4. The van der Waals surface area contributed by atoms with E-state index >= 15 is 0 Å². The van der Waals surface area contributed by atoms with E-state index in [0.717, 1.165) is 105 Å². The van der Waals surface area contributed by atoms with Crippen molar-refractivity contribution in [2.75, 3.05) is 0 Å². The number of rotatable bonds is 12. The van der Waals surface area contributed by atoms with Crippen molar-refractivity contribution >= 4 is 110 Å². The Bertz CT molecular complexity index is 5210. The molecule has 11 heteroatoms. The van der Waals surface area contributed by atoms with Crippen LogP contribution in [-0.2, 0) is 33.8 Å². The Morgan fingerprint density at radius 1 is 0.310 bits per heavy atom. The molecular weight excluding hydrogens is 1100 g/mol. The van der Waals surface area contributed by atoms with Crippen LogP contribution in [0.25, 0.3) is 121 Å². The molecule has 0 radical (unpaired) electrons. The molecule has 0 aliphatic carbocycles. The maximum absolute atomic E-state index is 14.2. The van der Waals surface area contributed by atoms with Crippen LogP contribution in [0, 0.1) is 0 Å². The summed E-state index contributed by atoms with van der Waals surface area (Å²) in [4.78, 5) is 28.0. The molecule has 0 aliphatic heterocycles. The number of para-hydroxylation sites is 7. The van der Waals surface area contributed by atoms with Gasteiger partial charge in [-0.25, -0.2) is 9.59 Å². The number of hydrogen-bond acceptors (Lipinski definition) is 6. The van der Waals surface area contributed by atoms with Gasteiger partial charge in [0.25, 0.3) is 0 Å². The van der Waals surface area contributed by atoms with Crippen LogP contribution in [0.2, 0.25) is 0 Å². The molecule has 0 bridgehead atoms. The molecule has 10 nitrogen and oxygen atoms in total. The Balaban J connectivity index is 0.663. The zero-order valence-corrected chi connectivity index (χ0v) is 47.4. The third-order valence-electron chi connectivity index (χ3n) is 16.9. The summed E-state index contributed by atoms with van der Waals surface area (Å²) in [5.74, 6) is -1.60. The first-order valence-electron chi connectivity index (χ1n) is 28.7. The van der Waals surface area contributed by atoms with E-state index in [1.54, 1.807) is 0 Å². The number of carbonyl (C=O) groups is 2. The predicted molar refractivity (Wildman–Crippen MR) is 348 cm³/mol. The van der Waals surface area contributed by atoms with Crippen molar-refractivity contribution in [3.05, 3.63) is 295 Å². The Hall–Kier alpha value is -11.1. The number of esters is 2. The highest BCUT2D eigenvalue weighted by molar-refractivity contribution is 7.79. The van der Waals surface area contributed by atoms with Crippen LogP contribution in [0.3, 0.4) is 0 Å². The lowest BCUT2D eigenvalue weighted by Crippen LogP contribution is -2.11. The molecule has 4 aromatic heterocycles. The summed E-state index contributed by atoms with van der Waals surface area (Å²) >= 11 is -2.79. The second-order valence-electron chi connectivity index (χ2n) is 21.9. The molecule has 0 saturated carbocycles. The average molecular weight is 1150 g/mol. The molecular formula is C76H49N4O6S-. The Labute approximate surface area is 500 Å². The molecule has 0 N–H and O–H groups in total. The second-order valence-corrected chi connectivity index (χ2v) is 22.8. The Kier molecular flexibility index (Phi) is 12.4. The summed E-state index contributed by atoms with van der Waals surface area (Å²) in [5.41, 5.74) is 15.6. The van der Waals surface area contributed by atoms with Gasteiger partial charge in [0, 0.05) is 70.7 Å². The Morgan fingerprint density at radius 2 is 0.621 bits per heavy atom. The van der Waals surface area contributed by atoms with Crippen LogP contribution in [0.5, 0.6) is 0 Å². The standard InChI is InChI=1S/C76H50N4O6S/c81-75(85-46-48-29-38-74-66(41-48)65-21-7-14-28-73(65)78(74)55-36-32-51(33-37-55)50-30-34-54(35-31-50)77-67-22-8-1-15-59(67)60-16-2-9-23-68(60)77)52-42-53(44-58(43-52)87(83)84)76(82)86-47-49-39-56(79-69-24-10-3-17-61(69)62-18-4-11-25-70(62)79)45-57(40-49)80-71-26-12-5-19-63(71)64-20-6-13-27-72(64)80/h1-45H,46-47H2,(H,83,84)/p-1. The van der Waals surface area contributed by atoms with Gasteiger partial charge < -0.3 is 32.3 Å². The lowest BCUT2D eigenvalue weighted by molar-refractivity contribution is 0.0469. The van der Waals surface area contributed by atoms with E-state index in [9.17, 15) is 18.4 Å². The molecule has 0 fully saturated rings. The van der Waals surface area contributed by atoms with E-state index in [1.807, 2.05) is 91.0 Å². The van der Waals surface area contributed by atoms with Crippen molar-refractivity contribution in [3.63, 3.8) is 0 Å². The van der Waals surface area contributed by atoms with Crippen LogP contribution >= 0.6 is 0 Å². The molecule has 16 aromatic rings. The number of benzene rings is 12. The van der Waals surface area contributed by atoms with Gasteiger partial charge >= 0.3 is 11.9 Å². The number of nitrogens with zero attached hydrogens (tertiary/aromatic N) is 4. The van der Waals surface area contributed by atoms with Crippen LogP contribution in [0.4, 0.5) is 0 Å². The quantitative estimate of drug-likeness (QED) is 0.0890. The molecule has 4 heterocycles. The molecule has 1 atom stereocenters. The maximum atomic E-state index is 14.2. The van der Waals surface area contributed by atoms with Gasteiger partial charge in [-0.3, -0.25) is 4.21 Å². The van der Waals surface area contributed by atoms with Gasteiger partial charge in [0.2, 0.25) is 0 Å². The van der Waals surface area contributed by atoms with E-state index in [1.165, 1.54) is 40.0 Å². The van der Waals surface area contributed by atoms with Crippen LogP contribution < -0.4 is 0 Å². The van der Waals surface area contributed by atoms with Crippen molar-refractivity contribution in [3.8, 4) is 33.9 Å². The van der Waals surface area contributed by atoms with Crippen LogP contribution in [0.1, 0.15) is 31.8 Å².